The molecule has 7 nitrogen and oxygen atoms in total. The van der Waals surface area contributed by atoms with E-state index in [-0.39, 0.29) is 23.0 Å². The quantitative estimate of drug-likeness (QED) is 0.220. The Hall–Kier alpha value is -0.940. The maximum Gasteiger partial charge on any atom is 0.471 e. The Labute approximate surface area is 157 Å². The molecule has 150 valence electrons. The molecule has 0 rings (SSSR count). The molecule has 0 atom stereocenters. The van der Waals surface area contributed by atoms with E-state index >= 15 is 0 Å². The number of nitrogens with zero attached hydrogens (tertiary/aromatic N) is 1. The van der Waals surface area contributed by atoms with Gasteiger partial charge in [0, 0.05) is 11.5 Å². The monoisotopic (exact) mass is 437 g/mol. The Bertz CT molecular complexity index is 569. The molecule has 26 heavy (non-hydrogen) atoms. The molecule has 0 aromatic rings. The van der Waals surface area contributed by atoms with Gasteiger partial charge in [-0.15, -0.1) is 36.7 Å². The highest BCUT2D eigenvalue weighted by Crippen LogP contribution is 2.65. The fourth-order valence-electron chi connectivity index (χ4n) is 1.65. The summed E-state index contributed by atoms with van der Waals surface area (Å²) in [6.07, 6.45) is -3.06. The summed E-state index contributed by atoms with van der Waals surface area (Å²) in [5, 5.41) is 0. The van der Waals surface area contributed by atoms with Crippen LogP contribution >= 0.6 is 31.1 Å². The van der Waals surface area contributed by atoms with Crippen LogP contribution in [0.25, 0.3) is 0 Å². The van der Waals surface area contributed by atoms with Crippen molar-refractivity contribution in [3.63, 3.8) is 0 Å². The number of halogens is 3. The number of ether oxygens (including phenoxy) is 1. The van der Waals surface area contributed by atoms with Crippen LogP contribution in [0.5, 0.6) is 0 Å². The van der Waals surface area contributed by atoms with E-state index in [1.807, 2.05) is 0 Å². The zero-order chi connectivity index (χ0) is 20.6. The van der Waals surface area contributed by atoms with Crippen molar-refractivity contribution in [1.29, 1.82) is 0 Å². The number of hydrogen-bond acceptors (Lipinski definition) is 6. The number of esters is 1. The highest BCUT2D eigenvalue weighted by Gasteiger charge is 2.59. The van der Waals surface area contributed by atoms with Gasteiger partial charge in [0.15, 0.2) is 0 Å². The average Bonchev–Trinajstić information content (AvgIpc) is 2.51. The van der Waals surface area contributed by atoms with Crippen LogP contribution in [0.2, 0.25) is 0 Å². The van der Waals surface area contributed by atoms with Crippen LogP contribution in [-0.2, 0) is 18.9 Å². The summed E-state index contributed by atoms with van der Waals surface area (Å²) in [5.74, 6) is -4.19. The van der Waals surface area contributed by atoms with Crippen LogP contribution in [0.3, 0.4) is 0 Å². The third-order valence-electron chi connectivity index (χ3n) is 2.57. The van der Waals surface area contributed by atoms with Crippen molar-refractivity contribution in [3.8, 4) is 0 Å². The minimum absolute atomic E-state index is 0.185. The summed E-state index contributed by atoms with van der Waals surface area (Å²) >= 11 is 0.720. The molecule has 1 amide bonds. The standard InChI is InChI=1S/C13H19F3NO6PS2/c1-4-7-25-13(24(20,21)22,26-8-5-2)17(9-10(18)23-6-3)11(19)12(14,15)16/h4-5H,1-2,6-9H2,3H3,(H2,20,21,22). The van der Waals surface area contributed by atoms with Crippen molar-refractivity contribution in [2.75, 3.05) is 24.7 Å². The fourth-order valence-corrected chi connectivity index (χ4v) is 5.93. The zero-order valence-corrected chi connectivity index (χ0v) is 16.3. The molecule has 0 spiro atoms. The van der Waals surface area contributed by atoms with Crippen LogP contribution in [0.1, 0.15) is 6.92 Å². The first-order valence-electron chi connectivity index (χ1n) is 6.97. The molecule has 0 saturated carbocycles. The maximum atomic E-state index is 13.0. The zero-order valence-electron chi connectivity index (χ0n) is 13.8. The Morgan fingerprint density at radius 3 is 1.96 bits per heavy atom. The van der Waals surface area contributed by atoms with E-state index in [1.54, 1.807) is 0 Å². The molecule has 0 aliphatic carbocycles. The molecule has 0 unspecified atom stereocenters. The summed E-state index contributed by atoms with van der Waals surface area (Å²) in [7, 11) is -5.39. The SMILES string of the molecule is C=CCSC(SCC=C)(N(CC(=O)OCC)C(=O)C(F)(F)F)P(=O)(O)O. The van der Waals surface area contributed by atoms with Gasteiger partial charge < -0.3 is 14.5 Å². The Balaban J connectivity index is 6.37. The number of carbonyl (C=O) groups is 2. The normalized spacial score (nSPS) is 12.4. The summed E-state index contributed by atoms with van der Waals surface area (Å²) in [6.45, 7) is 6.62. The first-order valence-corrected chi connectivity index (χ1v) is 10.6. The van der Waals surface area contributed by atoms with Crippen molar-refractivity contribution < 1.29 is 41.8 Å². The van der Waals surface area contributed by atoms with Gasteiger partial charge in [0.25, 0.3) is 0 Å². The second-order valence-corrected chi connectivity index (χ2v) is 9.51. The number of amides is 1. The first-order chi connectivity index (χ1) is 11.9. The molecule has 0 aromatic heterocycles. The second kappa shape index (κ2) is 10.4. The van der Waals surface area contributed by atoms with E-state index in [0.717, 1.165) is 0 Å². The Morgan fingerprint density at radius 1 is 1.19 bits per heavy atom. The number of hydrogen-bond donors (Lipinski definition) is 2. The lowest BCUT2D eigenvalue weighted by atomic mass is 10.4. The van der Waals surface area contributed by atoms with Crippen molar-refractivity contribution in [3.05, 3.63) is 25.3 Å². The lowest BCUT2D eigenvalue weighted by Crippen LogP contribution is -2.54. The predicted molar refractivity (Wildman–Crippen MR) is 94.5 cm³/mol. The number of carbonyl (C=O) groups excluding carboxylic acids is 2. The molecular formula is C13H19F3NO6PS2. The number of alkyl halides is 3. The minimum atomic E-state index is -5.46. The van der Waals surface area contributed by atoms with Gasteiger partial charge in [-0.05, 0) is 6.92 Å². The van der Waals surface area contributed by atoms with Crippen molar-refractivity contribution in [2.24, 2.45) is 0 Å². The largest absolute Gasteiger partial charge is 0.471 e. The molecule has 0 bridgehead atoms. The molecular weight excluding hydrogens is 418 g/mol. The predicted octanol–water partition coefficient (Wildman–Crippen LogP) is 2.57. The average molecular weight is 437 g/mol. The summed E-state index contributed by atoms with van der Waals surface area (Å²) in [5.41, 5.74) is 0. The van der Waals surface area contributed by atoms with Crippen LogP contribution in [0, 0.1) is 0 Å². The van der Waals surface area contributed by atoms with Gasteiger partial charge in [-0.2, -0.15) is 13.2 Å². The summed E-state index contributed by atoms with van der Waals surface area (Å²) < 4.78 is 53.1. The third-order valence-corrected chi connectivity index (χ3v) is 8.45. The molecule has 0 aliphatic heterocycles. The van der Waals surface area contributed by atoms with E-state index in [4.69, 9.17) is 0 Å². The number of rotatable bonds is 11. The van der Waals surface area contributed by atoms with Crippen molar-refractivity contribution in [2.45, 2.75) is 17.0 Å². The lowest BCUT2D eigenvalue weighted by Gasteiger charge is -2.41. The molecule has 0 aromatic carbocycles. The van der Waals surface area contributed by atoms with E-state index in [9.17, 15) is 37.1 Å². The highest BCUT2D eigenvalue weighted by atomic mass is 32.2. The Kier molecular flexibility index (Phi) is 10.0. The lowest BCUT2D eigenvalue weighted by molar-refractivity contribution is -0.187. The van der Waals surface area contributed by atoms with E-state index in [0.29, 0.717) is 23.5 Å². The van der Waals surface area contributed by atoms with Crippen molar-refractivity contribution >= 4 is 43.0 Å². The van der Waals surface area contributed by atoms with E-state index in [1.165, 1.54) is 19.1 Å². The van der Waals surface area contributed by atoms with Gasteiger partial charge >= 0.3 is 25.6 Å². The molecule has 0 aliphatic rings. The van der Waals surface area contributed by atoms with Gasteiger partial charge in [-0.3, -0.25) is 19.1 Å². The molecule has 0 saturated heterocycles. The van der Waals surface area contributed by atoms with Crippen LogP contribution in [-0.4, -0.2) is 61.3 Å². The van der Waals surface area contributed by atoms with Gasteiger partial charge in [-0.25, -0.2) is 0 Å². The van der Waals surface area contributed by atoms with Crippen LogP contribution in [0.4, 0.5) is 13.2 Å². The smallest absolute Gasteiger partial charge is 0.465 e. The van der Waals surface area contributed by atoms with Gasteiger partial charge in [0.05, 0.1) is 6.61 Å². The summed E-state index contributed by atoms with van der Waals surface area (Å²) in [6, 6.07) is 0. The van der Waals surface area contributed by atoms with Gasteiger partial charge in [0.1, 0.15) is 6.54 Å². The molecule has 0 fully saturated rings. The first kappa shape index (κ1) is 25.1. The highest BCUT2D eigenvalue weighted by molar-refractivity contribution is 8.25. The van der Waals surface area contributed by atoms with E-state index in [2.05, 4.69) is 17.9 Å². The second-order valence-electron chi connectivity index (χ2n) is 4.49. The molecule has 2 N–H and O–H groups in total. The minimum Gasteiger partial charge on any atom is -0.465 e. The molecule has 0 radical (unpaired) electrons. The third kappa shape index (κ3) is 6.66. The number of thioether (sulfide) groups is 2. The Morgan fingerprint density at radius 2 is 1.65 bits per heavy atom. The maximum absolute atomic E-state index is 13.0. The van der Waals surface area contributed by atoms with Crippen molar-refractivity contribution in [1.82, 2.24) is 4.90 Å². The van der Waals surface area contributed by atoms with Crippen LogP contribution < -0.4 is 0 Å². The summed E-state index contributed by atoms with van der Waals surface area (Å²) in [4.78, 5) is 43.0. The van der Waals surface area contributed by atoms with Gasteiger partial charge in [0.2, 0.25) is 3.94 Å². The fraction of sp³-hybridized carbons (Fsp3) is 0.538. The van der Waals surface area contributed by atoms with Gasteiger partial charge in [-0.1, -0.05) is 12.2 Å². The molecule has 13 heteroatoms. The van der Waals surface area contributed by atoms with Crippen LogP contribution in [0.15, 0.2) is 25.3 Å². The van der Waals surface area contributed by atoms with E-state index < -0.39 is 36.1 Å². The topological polar surface area (TPSA) is 104 Å². The molecule has 0 heterocycles.